The summed E-state index contributed by atoms with van der Waals surface area (Å²) >= 11 is 0. The molecule has 2 aliphatic rings. The number of methoxy groups -OCH3 is 1. The number of carbonyl (C=O) groups is 2. The fourth-order valence-corrected chi connectivity index (χ4v) is 3.73. The molecule has 30 heavy (non-hydrogen) atoms. The van der Waals surface area contributed by atoms with Crippen molar-refractivity contribution in [2.45, 2.75) is 6.10 Å². The first kappa shape index (κ1) is 20.0. The van der Waals surface area contributed by atoms with Gasteiger partial charge in [0.1, 0.15) is 12.4 Å². The summed E-state index contributed by atoms with van der Waals surface area (Å²) in [4.78, 5) is 28.2. The molecule has 0 saturated carbocycles. The van der Waals surface area contributed by atoms with Gasteiger partial charge < -0.3 is 29.3 Å². The van der Waals surface area contributed by atoms with E-state index >= 15 is 0 Å². The number of rotatable bonds is 5. The molecule has 2 aromatic rings. The number of amides is 2. The molecule has 0 aliphatic carbocycles. The Balaban J connectivity index is 1.26. The van der Waals surface area contributed by atoms with E-state index in [4.69, 9.17) is 14.2 Å². The van der Waals surface area contributed by atoms with Crippen LogP contribution < -0.4 is 24.4 Å². The molecule has 2 aromatic carbocycles. The minimum atomic E-state index is -0.629. The maximum atomic E-state index is 12.8. The molecule has 158 valence electrons. The molecule has 0 aromatic heterocycles. The van der Waals surface area contributed by atoms with Crippen LogP contribution in [0, 0.1) is 0 Å². The van der Waals surface area contributed by atoms with Gasteiger partial charge in [-0.05, 0) is 24.3 Å². The van der Waals surface area contributed by atoms with Crippen LogP contribution in [0.4, 0.5) is 5.69 Å². The lowest BCUT2D eigenvalue weighted by Crippen LogP contribution is -3.15. The largest absolute Gasteiger partial charge is 0.495 e. The Bertz CT molecular complexity index is 911. The molecule has 2 aliphatic heterocycles. The smallest absolute Gasteiger partial charge is 0.279 e. The zero-order valence-electron chi connectivity index (χ0n) is 16.9. The van der Waals surface area contributed by atoms with Crippen molar-refractivity contribution in [1.29, 1.82) is 0 Å². The van der Waals surface area contributed by atoms with Gasteiger partial charge in [-0.15, -0.1) is 0 Å². The molecule has 1 saturated heterocycles. The van der Waals surface area contributed by atoms with Crippen LogP contribution in [0.15, 0.2) is 48.5 Å². The molecule has 1 fully saturated rings. The quantitative estimate of drug-likeness (QED) is 0.734. The van der Waals surface area contributed by atoms with E-state index < -0.39 is 6.10 Å². The van der Waals surface area contributed by atoms with E-state index in [2.05, 4.69) is 5.32 Å². The summed E-state index contributed by atoms with van der Waals surface area (Å²) < 4.78 is 16.8. The number of nitrogens with one attached hydrogen (secondary N) is 2. The number of piperazine rings is 1. The molecule has 8 nitrogen and oxygen atoms in total. The molecule has 0 radical (unpaired) electrons. The fraction of sp³-hybridized carbons (Fsp3) is 0.364. The Morgan fingerprint density at radius 2 is 1.80 bits per heavy atom. The normalized spacial score (nSPS) is 18.6. The molecule has 8 heteroatoms. The molecule has 0 spiro atoms. The van der Waals surface area contributed by atoms with Crippen LogP contribution in [0.1, 0.15) is 0 Å². The Morgan fingerprint density at radius 1 is 1.10 bits per heavy atom. The standard InChI is InChI=1S/C22H25N3O5/c1-28-17-7-3-2-6-16(17)23-21(26)14-24-10-12-25(13-11-24)22(27)20-15-29-18-8-4-5-9-19(18)30-20/h2-9,20H,10-15H2,1H3,(H,23,26)/p+1/t20-/m0/s1. The topological polar surface area (TPSA) is 81.5 Å². The number of benzene rings is 2. The predicted molar refractivity (Wildman–Crippen MR) is 110 cm³/mol. The highest BCUT2D eigenvalue weighted by Crippen LogP contribution is 2.31. The van der Waals surface area contributed by atoms with Gasteiger partial charge in [-0.3, -0.25) is 9.59 Å². The maximum absolute atomic E-state index is 12.8. The van der Waals surface area contributed by atoms with Crippen molar-refractivity contribution >= 4 is 17.5 Å². The van der Waals surface area contributed by atoms with Crippen molar-refractivity contribution < 1.29 is 28.7 Å². The van der Waals surface area contributed by atoms with Crippen LogP contribution >= 0.6 is 0 Å². The number of quaternary nitrogens is 1. The highest BCUT2D eigenvalue weighted by atomic mass is 16.6. The van der Waals surface area contributed by atoms with Gasteiger partial charge in [0.2, 0.25) is 6.10 Å². The zero-order valence-corrected chi connectivity index (χ0v) is 16.9. The van der Waals surface area contributed by atoms with E-state index in [0.29, 0.717) is 55.7 Å². The summed E-state index contributed by atoms with van der Waals surface area (Å²) in [5.74, 6) is 1.75. The van der Waals surface area contributed by atoms with E-state index in [1.165, 1.54) is 0 Å². The Labute approximate surface area is 175 Å². The van der Waals surface area contributed by atoms with E-state index in [9.17, 15) is 9.59 Å². The molecular weight excluding hydrogens is 386 g/mol. The van der Waals surface area contributed by atoms with Gasteiger partial charge in [-0.2, -0.15) is 0 Å². The van der Waals surface area contributed by atoms with Crippen molar-refractivity contribution in [2.24, 2.45) is 0 Å². The fourth-order valence-electron chi connectivity index (χ4n) is 3.73. The van der Waals surface area contributed by atoms with Crippen molar-refractivity contribution in [3.05, 3.63) is 48.5 Å². The lowest BCUT2D eigenvalue weighted by atomic mass is 10.2. The Kier molecular flexibility index (Phi) is 6.04. The second-order valence-electron chi connectivity index (χ2n) is 7.36. The van der Waals surface area contributed by atoms with Crippen LogP contribution in [0.3, 0.4) is 0 Å². The van der Waals surface area contributed by atoms with E-state index in [1.54, 1.807) is 18.1 Å². The first-order chi connectivity index (χ1) is 14.6. The SMILES string of the molecule is COc1ccccc1NC(=O)C[NH+]1CCN(C(=O)[C@@H]2COc3ccccc3O2)CC1. The summed E-state index contributed by atoms with van der Waals surface area (Å²) in [6, 6.07) is 14.7. The van der Waals surface area contributed by atoms with Crippen molar-refractivity contribution in [3.63, 3.8) is 0 Å². The lowest BCUT2D eigenvalue weighted by molar-refractivity contribution is -0.895. The molecule has 2 N–H and O–H groups in total. The summed E-state index contributed by atoms with van der Waals surface area (Å²) in [7, 11) is 1.58. The minimum Gasteiger partial charge on any atom is -0.495 e. The van der Waals surface area contributed by atoms with Gasteiger partial charge in [0.15, 0.2) is 18.0 Å². The Morgan fingerprint density at radius 3 is 2.57 bits per heavy atom. The second kappa shape index (κ2) is 9.04. The van der Waals surface area contributed by atoms with Gasteiger partial charge in [0.25, 0.3) is 11.8 Å². The zero-order chi connectivity index (χ0) is 20.9. The van der Waals surface area contributed by atoms with Crippen LogP contribution in [-0.2, 0) is 9.59 Å². The molecule has 0 unspecified atom stereocenters. The van der Waals surface area contributed by atoms with Gasteiger partial charge >= 0.3 is 0 Å². The number of carbonyl (C=O) groups excluding carboxylic acids is 2. The lowest BCUT2D eigenvalue weighted by Gasteiger charge is -2.35. The number of ether oxygens (including phenoxy) is 3. The van der Waals surface area contributed by atoms with E-state index in [0.717, 1.165) is 4.90 Å². The predicted octanol–water partition coefficient (Wildman–Crippen LogP) is 0.201. The van der Waals surface area contributed by atoms with Gasteiger partial charge in [-0.1, -0.05) is 24.3 Å². The third-order valence-corrected chi connectivity index (χ3v) is 5.36. The van der Waals surface area contributed by atoms with Crippen molar-refractivity contribution in [2.75, 3.05) is 51.8 Å². The second-order valence-corrected chi connectivity index (χ2v) is 7.36. The van der Waals surface area contributed by atoms with Gasteiger partial charge in [0.05, 0.1) is 39.0 Å². The van der Waals surface area contributed by atoms with Crippen LogP contribution in [0.5, 0.6) is 17.2 Å². The molecule has 1 atom stereocenters. The van der Waals surface area contributed by atoms with E-state index in [-0.39, 0.29) is 18.4 Å². The number of nitrogens with zero attached hydrogens (tertiary/aromatic N) is 1. The summed E-state index contributed by atoms with van der Waals surface area (Å²) in [6.07, 6.45) is -0.629. The van der Waals surface area contributed by atoms with Crippen LogP contribution in [0.25, 0.3) is 0 Å². The van der Waals surface area contributed by atoms with Gasteiger partial charge in [-0.25, -0.2) is 0 Å². The van der Waals surface area contributed by atoms with Crippen molar-refractivity contribution in [1.82, 2.24) is 4.90 Å². The van der Waals surface area contributed by atoms with Crippen LogP contribution in [0.2, 0.25) is 0 Å². The first-order valence-corrected chi connectivity index (χ1v) is 10.1. The molecular formula is C22H26N3O5+. The monoisotopic (exact) mass is 412 g/mol. The number of hydrogen-bond donors (Lipinski definition) is 2. The summed E-state index contributed by atoms with van der Waals surface area (Å²) in [5, 5.41) is 2.90. The third kappa shape index (κ3) is 4.49. The minimum absolute atomic E-state index is 0.0676. The average Bonchev–Trinajstić information content (AvgIpc) is 2.79. The Hall–Kier alpha value is -3.26. The summed E-state index contributed by atoms with van der Waals surface area (Å²) in [5.41, 5.74) is 0.660. The highest BCUT2D eigenvalue weighted by molar-refractivity contribution is 5.93. The first-order valence-electron chi connectivity index (χ1n) is 10.1. The van der Waals surface area contributed by atoms with Gasteiger partial charge in [0, 0.05) is 0 Å². The molecule has 4 rings (SSSR count). The maximum Gasteiger partial charge on any atom is 0.279 e. The average molecular weight is 412 g/mol. The number of anilines is 1. The molecule has 2 heterocycles. The number of para-hydroxylation sites is 4. The number of hydrogen-bond acceptors (Lipinski definition) is 5. The third-order valence-electron chi connectivity index (χ3n) is 5.36. The summed E-state index contributed by atoms with van der Waals surface area (Å²) in [6.45, 7) is 3.13. The van der Waals surface area contributed by atoms with Crippen molar-refractivity contribution in [3.8, 4) is 17.2 Å². The highest BCUT2D eigenvalue weighted by Gasteiger charge is 2.34. The molecule has 0 bridgehead atoms. The van der Waals surface area contributed by atoms with E-state index in [1.807, 2.05) is 42.5 Å². The molecule has 2 amide bonds. The number of fused-ring (bicyclic) bond motifs is 1. The van der Waals surface area contributed by atoms with Crippen LogP contribution in [-0.4, -0.2) is 69.3 Å².